The van der Waals surface area contributed by atoms with Crippen LogP contribution in [0, 0.1) is 20.8 Å². The Morgan fingerprint density at radius 2 is 1.68 bits per heavy atom. The van der Waals surface area contributed by atoms with Crippen molar-refractivity contribution in [3.8, 4) is 0 Å². The Labute approximate surface area is 188 Å². The molecule has 1 aromatic carbocycles. The number of hydrogen-bond donors (Lipinski definition) is 2. The molecule has 0 bridgehead atoms. The van der Waals surface area contributed by atoms with Crippen LogP contribution in [0.5, 0.6) is 0 Å². The third-order valence-electron chi connectivity index (χ3n) is 6.25. The number of amides is 2. The smallest absolute Gasteiger partial charge is 0.294 e. The number of anilines is 1. The van der Waals surface area contributed by atoms with Crippen LogP contribution in [-0.2, 0) is 11.8 Å². The lowest BCUT2D eigenvalue weighted by Crippen LogP contribution is -2.50. The lowest BCUT2D eigenvalue weighted by Gasteiger charge is -2.34. The molecule has 0 atom stereocenters. The normalized spacial score (nSPS) is 15.4. The first-order valence-corrected chi connectivity index (χ1v) is 11.0. The lowest BCUT2D eigenvalue weighted by molar-refractivity contribution is -0.119. The molecule has 7 heteroatoms. The fraction of sp³-hybridized carbons (Fsp3) is 0.458. The fourth-order valence-corrected chi connectivity index (χ4v) is 4.82. The maximum Gasteiger partial charge on any atom is 0.294 e. The van der Waals surface area contributed by atoms with Gasteiger partial charge in [-0.05, 0) is 69.9 Å². The number of benzene rings is 1. The average molecular weight is 444 g/mol. The quantitative estimate of drug-likeness (QED) is 0.510. The second-order valence-electron chi connectivity index (χ2n) is 8.87. The van der Waals surface area contributed by atoms with Crippen molar-refractivity contribution in [1.29, 1.82) is 0 Å². The maximum atomic E-state index is 13.1. The fourth-order valence-electron chi connectivity index (χ4n) is 4.53. The van der Waals surface area contributed by atoms with E-state index in [0.29, 0.717) is 27.5 Å². The number of nitrogens with one attached hydrogen (secondary N) is 2. The van der Waals surface area contributed by atoms with Crippen molar-refractivity contribution in [2.45, 2.75) is 65.3 Å². The number of aromatic nitrogens is 1. The van der Waals surface area contributed by atoms with Crippen LogP contribution in [0.1, 0.15) is 76.7 Å². The number of hydrogen-bond acceptors (Lipinski definition) is 3. The minimum absolute atomic E-state index is 0.238. The number of aryl methyl sites for hydroxylation is 1. The first-order valence-electron chi connectivity index (χ1n) is 10.6. The van der Waals surface area contributed by atoms with Crippen molar-refractivity contribution in [2.75, 3.05) is 5.32 Å². The van der Waals surface area contributed by atoms with Crippen molar-refractivity contribution in [3.63, 3.8) is 0 Å². The van der Waals surface area contributed by atoms with Gasteiger partial charge in [-0.25, -0.2) is 0 Å². The molecule has 0 saturated heterocycles. The van der Waals surface area contributed by atoms with Crippen LogP contribution in [0.15, 0.2) is 18.2 Å². The van der Waals surface area contributed by atoms with Gasteiger partial charge < -0.3 is 15.2 Å². The molecule has 0 radical (unpaired) electrons. The summed E-state index contributed by atoms with van der Waals surface area (Å²) in [5.41, 5.74) is 2.88. The predicted molar refractivity (Wildman–Crippen MR) is 123 cm³/mol. The molecule has 31 heavy (non-hydrogen) atoms. The van der Waals surface area contributed by atoms with Gasteiger partial charge in [0.15, 0.2) is 0 Å². The summed E-state index contributed by atoms with van der Waals surface area (Å²) >= 11 is 6.09. The van der Waals surface area contributed by atoms with E-state index in [4.69, 9.17) is 11.6 Å². The van der Waals surface area contributed by atoms with Crippen LogP contribution in [0.3, 0.4) is 0 Å². The molecule has 1 fully saturated rings. The van der Waals surface area contributed by atoms with Gasteiger partial charge in [-0.3, -0.25) is 14.4 Å². The van der Waals surface area contributed by atoms with E-state index < -0.39 is 11.7 Å². The largest absolute Gasteiger partial charge is 0.344 e. The summed E-state index contributed by atoms with van der Waals surface area (Å²) in [6.07, 6.45) is 4.97. The summed E-state index contributed by atoms with van der Waals surface area (Å²) in [4.78, 5) is 38.9. The van der Waals surface area contributed by atoms with Crippen molar-refractivity contribution in [2.24, 2.45) is 7.05 Å². The summed E-state index contributed by atoms with van der Waals surface area (Å²) in [6.45, 7) is 7.35. The molecule has 1 aromatic heterocycles. The van der Waals surface area contributed by atoms with E-state index >= 15 is 0 Å². The second-order valence-corrected chi connectivity index (χ2v) is 9.31. The van der Waals surface area contributed by atoms with Gasteiger partial charge in [0.25, 0.3) is 17.6 Å². The zero-order valence-corrected chi connectivity index (χ0v) is 19.6. The molecular formula is C24H30ClN3O3. The van der Waals surface area contributed by atoms with Gasteiger partial charge in [-0.15, -0.1) is 0 Å². The molecule has 166 valence electrons. The number of ketones is 1. The van der Waals surface area contributed by atoms with Crippen molar-refractivity contribution >= 4 is 34.9 Å². The Kier molecular flexibility index (Phi) is 6.60. The van der Waals surface area contributed by atoms with Crippen LogP contribution < -0.4 is 10.6 Å². The van der Waals surface area contributed by atoms with Crippen molar-refractivity contribution < 1.29 is 14.4 Å². The van der Waals surface area contributed by atoms with E-state index in [1.54, 1.807) is 37.6 Å². The van der Waals surface area contributed by atoms with E-state index in [-0.39, 0.29) is 17.1 Å². The molecular weight excluding hydrogens is 414 g/mol. The van der Waals surface area contributed by atoms with Gasteiger partial charge in [0, 0.05) is 29.0 Å². The Morgan fingerprint density at radius 1 is 1.03 bits per heavy atom. The van der Waals surface area contributed by atoms with Crippen molar-refractivity contribution in [3.05, 3.63) is 51.3 Å². The lowest BCUT2D eigenvalue weighted by atomic mass is 9.83. The highest BCUT2D eigenvalue weighted by atomic mass is 35.5. The van der Waals surface area contributed by atoms with Crippen LogP contribution in [0.25, 0.3) is 0 Å². The van der Waals surface area contributed by atoms with E-state index in [9.17, 15) is 14.4 Å². The van der Waals surface area contributed by atoms with Crippen LogP contribution in [0.4, 0.5) is 5.69 Å². The predicted octanol–water partition coefficient (Wildman–Crippen LogP) is 4.88. The molecule has 3 rings (SSSR count). The zero-order valence-electron chi connectivity index (χ0n) is 18.8. The number of carbonyl (C=O) groups excluding carboxylic acids is 3. The highest BCUT2D eigenvalue weighted by Crippen LogP contribution is 2.28. The van der Waals surface area contributed by atoms with Gasteiger partial charge in [-0.1, -0.05) is 30.9 Å². The Hall–Kier alpha value is -2.60. The summed E-state index contributed by atoms with van der Waals surface area (Å²) in [7, 11) is 1.70. The molecule has 2 aromatic rings. The molecule has 2 amide bonds. The Bertz CT molecular complexity index is 1030. The summed E-state index contributed by atoms with van der Waals surface area (Å²) in [5.74, 6) is -1.58. The topological polar surface area (TPSA) is 80.2 Å². The van der Waals surface area contributed by atoms with E-state index in [0.717, 1.165) is 37.7 Å². The van der Waals surface area contributed by atoms with Gasteiger partial charge in [0.2, 0.25) is 0 Å². The zero-order chi connectivity index (χ0) is 22.9. The minimum atomic E-state index is -0.620. The van der Waals surface area contributed by atoms with Gasteiger partial charge in [-0.2, -0.15) is 0 Å². The van der Waals surface area contributed by atoms with Gasteiger partial charge in [0.1, 0.15) is 0 Å². The first-order chi connectivity index (χ1) is 14.5. The molecule has 1 heterocycles. The van der Waals surface area contributed by atoms with Crippen LogP contribution >= 0.6 is 11.6 Å². The van der Waals surface area contributed by atoms with Crippen LogP contribution in [0.2, 0.25) is 5.02 Å². The molecule has 6 nitrogen and oxygen atoms in total. The molecule has 1 aliphatic rings. The number of halogens is 1. The monoisotopic (exact) mass is 443 g/mol. The van der Waals surface area contributed by atoms with E-state index in [1.807, 2.05) is 19.9 Å². The molecule has 1 saturated carbocycles. The molecule has 0 aliphatic heterocycles. The third-order valence-corrected chi connectivity index (χ3v) is 6.47. The SMILES string of the molecule is Cc1cc(Cl)cc(NC(=O)c2c(C)c(C(=O)C(=O)NC3(C)CCCCC3)n(C)c2C)c1. The molecule has 1 aliphatic carbocycles. The maximum absolute atomic E-state index is 13.1. The summed E-state index contributed by atoms with van der Waals surface area (Å²) in [6, 6.07) is 5.30. The third kappa shape index (κ3) is 4.85. The second kappa shape index (κ2) is 8.87. The van der Waals surface area contributed by atoms with E-state index in [1.165, 1.54) is 0 Å². The molecule has 0 spiro atoms. The molecule has 0 unspecified atom stereocenters. The number of Topliss-reactive ketones (excluding diaryl/α,β-unsaturated/α-hetero) is 1. The molecule has 2 N–H and O–H groups in total. The Morgan fingerprint density at radius 3 is 2.29 bits per heavy atom. The Balaban J connectivity index is 1.86. The number of carbonyl (C=O) groups is 3. The average Bonchev–Trinajstić information content (AvgIpc) is 2.89. The highest BCUT2D eigenvalue weighted by molar-refractivity contribution is 6.43. The summed E-state index contributed by atoms with van der Waals surface area (Å²) in [5, 5.41) is 6.32. The summed E-state index contributed by atoms with van der Waals surface area (Å²) < 4.78 is 1.62. The first kappa shape index (κ1) is 23.1. The van der Waals surface area contributed by atoms with Crippen molar-refractivity contribution in [1.82, 2.24) is 9.88 Å². The highest BCUT2D eigenvalue weighted by Gasteiger charge is 2.34. The number of rotatable bonds is 5. The minimum Gasteiger partial charge on any atom is -0.344 e. The standard InChI is InChI=1S/C24H30ClN3O3/c1-14-11-17(25)13-18(12-14)26-22(30)19-15(2)20(28(5)16(19)3)21(29)23(31)27-24(4)9-7-6-8-10-24/h11-13H,6-10H2,1-5H3,(H,26,30)(H,27,31). The van der Waals surface area contributed by atoms with Gasteiger partial charge >= 0.3 is 0 Å². The van der Waals surface area contributed by atoms with Gasteiger partial charge in [0.05, 0.1) is 11.3 Å². The number of nitrogens with zero attached hydrogens (tertiary/aromatic N) is 1. The van der Waals surface area contributed by atoms with Crippen LogP contribution in [-0.4, -0.2) is 27.7 Å². The van der Waals surface area contributed by atoms with E-state index in [2.05, 4.69) is 10.6 Å².